The second-order valence-corrected chi connectivity index (χ2v) is 10.3. The Hall–Kier alpha value is -3.03. The number of carbonyl (C=O) groups excluding carboxylic acids is 2. The Morgan fingerprint density at radius 2 is 1.73 bits per heavy atom. The quantitative estimate of drug-likeness (QED) is 0.600. The Morgan fingerprint density at radius 3 is 2.24 bits per heavy atom. The standard InChI is InChI=1S/C25H39N5O3/c1-9-10-15-29(23(32)27-25(5,6)7)17-22(31)26-21-16-20(24(2,3)4)28-30(21)18-11-13-19(33-8)14-12-18/h11-14,16H,9-10,15,17H2,1-8H3,(H,26,31)(H,27,32). The largest absolute Gasteiger partial charge is 0.497 e. The zero-order chi connectivity index (χ0) is 24.8. The van der Waals surface area contributed by atoms with Gasteiger partial charge < -0.3 is 20.3 Å². The third-order valence-corrected chi connectivity index (χ3v) is 4.95. The summed E-state index contributed by atoms with van der Waals surface area (Å²) in [4.78, 5) is 27.3. The minimum atomic E-state index is -0.382. The number of nitrogens with one attached hydrogen (secondary N) is 2. The smallest absolute Gasteiger partial charge is 0.318 e. The number of benzene rings is 1. The van der Waals surface area contributed by atoms with E-state index in [9.17, 15) is 9.59 Å². The van der Waals surface area contributed by atoms with E-state index < -0.39 is 0 Å². The highest BCUT2D eigenvalue weighted by atomic mass is 16.5. The molecule has 0 aliphatic heterocycles. The van der Waals surface area contributed by atoms with Crippen molar-refractivity contribution in [2.45, 2.75) is 72.3 Å². The number of urea groups is 1. The van der Waals surface area contributed by atoms with Gasteiger partial charge in [0.2, 0.25) is 5.91 Å². The highest BCUT2D eigenvalue weighted by Crippen LogP contribution is 2.27. The first-order valence-corrected chi connectivity index (χ1v) is 11.5. The van der Waals surface area contributed by atoms with Crippen molar-refractivity contribution in [1.29, 1.82) is 0 Å². The molecule has 0 fully saturated rings. The van der Waals surface area contributed by atoms with Gasteiger partial charge in [-0.05, 0) is 51.5 Å². The van der Waals surface area contributed by atoms with Crippen molar-refractivity contribution in [2.75, 3.05) is 25.5 Å². The van der Waals surface area contributed by atoms with E-state index >= 15 is 0 Å². The first-order valence-electron chi connectivity index (χ1n) is 11.5. The second-order valence-electron chi connectivity index (χ2n) is 10.3. The molecule has 0 bridgehead atoms. The van der Waals surface area contributed by atoms with Gasteiger partial charge in [0.15, 0.2) is 0 Å². The molecule has 0 spiro atoms. The molecule has 1 heterocycles. The van der Waals surface area contributed by atoms with Crippen LogP contribution in [0.3, 0.4) is 0 Å². The summed E-state index contributed by atoms with van der Waals surface area (Å²) in [6.07, 6.45) is 1.75. The number of anilines is 1. The van der Waals surface area contributed by atoms with Crippen molar-refractivity contribution in [3.05, 3.63) is 36.0 Å². The van der Waals surface area contributed by atoms with E-state index in [2.05, 4.69) is 38.3 Å². The number of hydrogen-bond acceptors (Lipinski definition) is 4. The minimum Gasteiger partial charge on any atom is -0.497 e. The van der Waals surface area contributed by atoms with Crippen molar-refractivity contribution in [3.8, 4) is 11.4 Å². The highest BCUT2D eigenvalue weighted by Gasteiger charge is 2.24. The van der Waals surface area contributed by atoms with Gasteiger partial charge in [-0.2, -0.15) is 5.10 Å². The van der Waals surface area contributed by atoms with E-state index in [1.54, 1.807) is 16.7 Å². The van der Waals surface area contributed by atoms with Crippen LogP contribution in [-0.2, 0) is 10.2 Å². The van der Waals surface area contributed by atoms with Crippen molar-refractivity contribution < 1.29 is 14.3 Å². The van der Waals surface area contributed by atoms with Crippen LogP contribution >= 0.6 is 0 Å². The number of amides is 3. The van der Waals surface area contributed by atoms with E-state index in [0.29, 0.717) is 12.4 Å². The summed E-state index contributed by atoms with van der Waals surface area (Å²) in [6, 6.07) is 9.11. The van der Waals surface area contributed by atoms with E-state index in [1.165, 1.54) is 0 Å². The fourth-order valence-electron chi connectivity index (χ4n) is 3.11. The SMILES string of the molecule is CCCCN(CC(=O)Nc1cc(C(C)(C)C)nn1-c1ccc(OC)cc1)C(=O)NC(C)(C)C. The number of hydrogen-bond donors (Lipinski definition) is 2. The molecule has 0 saturated carbocycles. The molecule has 8 heteroatoms. The lowest BCUT2D eigenvalue weighted by atomic mass is 9.92. The fourth-order valence-corrected chi connectivity index (χ4v) is 3.11. The van der Waals surface area contributed by atoms with Crippen molar-refractivity contribution in [1.82, 2.24) is 20.0 Å². The number of ether oxygens (including phenoxy) is 1. The summed E-state index contributed by atoms with van der Waals surface area (Å²) in [7, 11) is 1.62. The number of rotatable bonds is 8. The predicted molar refractivity (Wildman–Crippen MR) is 132 cm³/mol. The molecule has 33 heavy (non-hydrogen) atoms. The molecule has 1 aromatic heterocycles. The number of nitrogens with zero attached hydrogens (tertiary/aromatic N) is 3. The molecule has 2 N–H and O–H groups in total. The first-order chi connectivity index (χ1) is 15.3. The molecule has 3 amide bonds. The summed E-state index contributed by atoms with van der Waals surface area (Å²) < 4.78 is 6.96. The molecule has 0 atom stereocenters. The molecule has 0 radical (unpaired) electrons. The molecule has 8 nitrogen and oxygen atoms in total. The predicted octanol–water partition coefficient (Wildman–Crippen LogP) is 4.73. The number of methoxy groups -OCH3 is 1. The summed E-state index contributed by atoms with van der Waals surface area (Å²) in [5.41, 5.74) is 1.07. The number of carbonyl (C=O) groups is 2. The maximum Gasteiger partial charge on any atom is 0.318 e. The van der Waals surface area contributed by atoms with Gasteiger partial charge in [-0.25, -0.2) is 9.48 Å². The van der Waals surface area contributed by atoms with Gasteiger partial charge in [0.25, 0.3) is 0 Å². The molecule has 182 valence electrons. The molecule has 2 rings (SSSR count). The van der Waals surface area contributed by atoms with Gasteiger partial charge in [0.1, 0.15) is 18.1 Å². The Morgan fingerprint density at radius 1 is 1.09 bits per heavy atom. The Kier molecular flexibility index (Phi) is 8.52. The lowest BCUT2D eigenvalue weighted by Gasteiger charge is -2.28. The zero-order valence-corrected chi connectivity index (χ0v) is 21.3. The van der Waals surface area contributed by atoms with Crippen LogP contribution in [0.15, 0.2) is 30.3 Å². The fraction of sp³-hybridized carbons (Fsp3) is 0.560. The molecular weight excluding hydrogens is 418 g/mol. The van der Waals surface area contributed by atoms with Gasteiger partial charge in [0.05, 0.1) is 18.5 Å². The van der Waals surface area contributed by atoms with Gasteiger partial charge in [-0.15, -0.1) is 0 Å². The molecule has 0 aliphatic rings. The molecule has 2 aromatic rings. The average Bonchev–Trinajstić information content (AvgIpc) is 3.14. The van der Waals surface area contributed by atoms with Crippen LogP contribution < -0.4 is 15.4 Å². The van der Waals surface area contributed by atoms with Crippen LogP contribution in [0.4, 0.5) is 10.6 Å². The normalized spacial score (nSPS) is 11.8. The van der Waals surface area contributed by atoms with E-state index in [0.717, 1.165) is 30.0 Å². The van der Waals surface area contributed by atoms with Crippen LogP contribution in [0.2, 0.25) is 0 Å². The van der Waals surface area contributed by atoms with Crippen LogP contribution in [-0.4, -0.2) is 52.4 Å². The van der Waals surface area contributed by atoms with Gasteiger partial charge in [-0.3, -0.25) is 4.79 Å². The maximum absolute atomic E-state index is 13.0. The summed E-state index contributed by atoms with van der Waals surface area (Å²) in [6.45, 7) is 14.5. The molecule has 0 aliphatic carbocycles. The monoisotopic (exact) mass is 457 g/mol. The van der Waals surface area contributed by atoms with E-state index in [4.69, 9.17) is 9.84 Å². The lowest BCUT2D eigenvalue weighted by molar-refractivity contribution is -0.116. The molecule has 0 saturated heterocycles. The lowest BCUT2D eigenvalue weighted by Crippen LogP contribution is -2.50. The number of unbranched alkanes of at least 4 members (excludes halogenated alkanes) is 1. The topological polar surface area (TPSA) is 88.5 Å². The Balaban J connectivity index is 2.28. The second kappa shape index (κ2) is 10.7. The van der Waals surface area contributed by atoms with Crippen LogP contribution in [0.25, 0.3) is 5.69 Å². The molecular formula is C25H39N5O3. The van der Waals surface area contributed by atoms with Gasteiger partial charge >= 0.3 is 6.03 Å². The van der Waals surface area contributed by atoms with Gasteiger partial charge in [-0.1, -0.05) is 34.1 Å². The van der Waals surface area contributed by atoms with Crippen LogP contribution in [0.1, 0.15) is 67.0 Å². The summed E-state index contributed by atoms with van der Waals surface area (Å²) >= 11 is 0. The van der Waals surface area contributed by atoms with Crippen molar-refractivity contribution in [3.63, 3.8) is 0 Å². The first kappa shape index (κ1) is 26.2. The molecule has 1 aromatic carbocycles. The highest BCUT2D eigenvalue weighted by molar-refractivity contribution is 5.94. The Bertz CT molecular complexity index is 936. The van der Waals surface area contributed by atoms with Crippen molar-refractivity contribution >= 4 is 17.8 Å². The minimum absolute atomic E-state index is 0.0411. The Labute approximate surface area is 197 Å². The van der Waals surface area contributed by atoms with Crippen LogP contribution in [0, 0.1) is 0 Å². The van der Waals surface area contributed by atoms with E-state index in [-0.39, 0.29) is 29.4 Å². The third-order valence-electron chi connectivity index (χ3n) is 4.95. The summed E-state index contributed by atoms with van der Waals surface area (Å²) in [5.74, 6) is 1.02. The summed E-state index contributed by atoms with van der Waals surface area (Å²) in [5, 5.41) is 10.7. The van der Waals surface area contributed by atoms with Crippen molar-refractivity contribution in [2.24, 2.45) is 0 Å². The average molecular weight is 458 g/mol. The number of aromatic nitrogens is 2. The zero-order valence-electron chi connectivity index (χ0n) is 21.3. The van der Waals surface area contributed by atoms with Crippen LogP contribution in [0.5, 0.6) is 5.75 Å². The molecule has 0 unspecified atom stereocenters. The van der Waals surface area contributed by atoms with E-state index in [1.807, 2.05) is 51.1 Å². The third kappa shape index (κ3) is 7.80. The van der Waals surface area contributed by atoms with Gasteiger partial charge in [0, 0.05) is 23.6 Å². The maximum atomic E-state index is 13.0.